The van der Waals surface area contributed by atoms with Gasteiger partial charge in [0, 0.05) is 0 Å². The Morgan fingerprint density at radius 3 is 2.50 bits per heavy atom. The second-order valence-corrected chi connectivity index (χ2v) is 6.35. The molecule has 0 aromatic carbocycles. The predicted octanol–water partition coefficient (Wildman–Crippen LogP) is 2.94. The van der Waals surface area contributed by atoms with Crippen LogP contribution in [-0.2, 0) is 19.1 Å². The molecule has 4 nitrogen and oxygen atoms in total. The highest BCUT2D eigenvalue weighted by Gasteiger charge is 2.53. The van der Waals surface area contributed by atoms with Gasteiger partial charge >= 0.3 is 11.9 Å². The second-order valence-electron chi connectivity index (χ2n) is 6.35. The first-order chi connectivity index (χ1) is 9.56. The molecular weight excluding hydrogens is 256 g/mol. The number of rotatable bonds is 4. The molecule has 114 valence electrons. The number of carbonyl (C=O) groups is 2. The van der Waals surface area contributed by atoms with Gasteiger partial charge in [-0.05, 0) is 31.6 Å². The molecular formula is C16H26O4. The minimum absolute atomic E-state index is 0.102. The average molecular weight is 282 g/mol. The van der Waals surface area contributed by atoms with E-state index in [0.717, 1.165) is 12.8 Å². The summed E-state index contributed by atoms with van der Waals surface area (Å²) in [7, 11) is 0. The molecule has 1 aliphatic heterocycles. The van der Waals surface area contributed by atoms with Crippen LogP contribution in [0, 0.1) is 23.7 Å². The van der Waals surface area contributed by atoms with Gasteiger partial charge in [-0.2, -0.15) is 0 Å². The smallest absolute Gasteiger partial charge is 0.313 e. The summed E-state index contributed by atoms with van der Waals surface area (Å²) in [5.41, 5.74) is 0. The minimum Gasteiger partial charge on any atom is -0.466 e. The van der Waals surface area contributed by atoms with Crippen molar-refractivity contribution in [1.82, 2.24) is 0 Å². The van der Waals surface area contributed by atoms with Crippen molar-refractivity contribution >= 4 is 11.9 Å². The van der Waals surface area contributed by atoms with E-state index in [-0.39, 0.29) is 29.9 Å². The standard InChI is InChI=1S/C16H26O4/c1-4-19-15(17)13-12(10(2)3)16(18)20-14(13)11-8-6-5-7-9-11/h10-14H,4-9H2,1-3H3/t12-,13+,14-/m0/s1. The molecule has 4 heteroatoms. The molecule has 0 bridgehead atoms. The van der Waals surface area contributed by atoms with Crippen molar-refractivity contribution in [2.45, 2.75) is 59.0 Å². The van der Waals surface area contributed by atoms with E-state index in [1.54, 1.807) is 6.92 Å². The monoisotopic (exact) mass is 282 g/mol. The number of esters is 2. The van der Waals surface area contributed by atoms with Crippen LogP contribution in [0.4, 0.5) is 0 Å². The van der Waals surface area contributed by atoms with Gasteiger partial charge in [0.25, 0.3) is 0 Å². The van der Waals surface area contributed by atoms with E-state index in [4.69, 9.17) is 9.47 Å². The van der Waals surface area contributed by atoms with Crippen LogP contribution >= 0.6 is 0 Å². The van der Waals surface area contributed by atoms with E-state index in [2.05, 4.69) is 0 Å². The Balaban J connectivity index is 2.20. The van der Waals surface area contributed by atoms with E-state index in [9.17, 15) is 9.59 Å². The molecule has 0 N–H and O–H groups in total. The van der Waals surface area contributed by atoms with Gasteiger partial charge in [-0.25, -0.2) is 0 Å². The zero-order valence-corrected chi connectivity index (χ0v) is 12.8. The Kier molecular flexibility index (Phi) is 5.06. The van der Waals surface area contributed by atoms with E-state index < -0.39 is 5.92 Å². The number of carbonyl (C=O) groups excluding carboxylic acids is 2. The highest BCUT2D eigenvalue weighted by molar-refractivity contribution is 5.86. The summed E-state index contributed by atoms with van der Waals surface area (Å²) in [5, 5.41) is 0. The first-order valence-electron chi connectivity index (χ1n) is 7.93. The van der Waals surface area contributed by atoms with Crippen LogP contribution in [0.15, 0.2) is 0 Å². The quantitative estimate of drug-likeness (QED) is 0.744. The molecule has 0 radical (unpaired) electrons. The number of cyclic esters (lactones) is 1. The lowest BCUT2D eigenvalue weighted by molar-refractivity contribution is -0.153. The maximum Gasteiger partial charge on any atom is 0.313 e. The van der Waals surface area contributed by atoms with Gasteiger partial charge in [-0.3, -0.25) is 9.59 Å². The van der Waals surface area contributed by atoms with Crippen LogP contribution in [0.2, 0.25) is 0 Å². The molecule has 2 aliphatic rings. The summed E-state index contributed by atoms with van der Waals surface area (Å²) in [6.07, 6.45) is 5.42. The number of ether oxygens (including phenoxy) is 2. The first kappa shape index (κ1) is 15.3. The molecule has 1 aliphatic carbocycles. The third-order valence-electron chi connectivity index (χ3n) is 4.66. The molecule has 2 rings (SSSR count). The summed E-state index contributed by atoms with van der Waals surface area (Å²) in [5.74, 6) is -0.802. The molecule has 1 saturated carbocycles. The molecule has 0 amide bonds. The normalized spacial score (nSPS) is 31.4. The van der Waals surface area contributed by atoms with Gasteiger partial charge in [-0.15, -0.1) is 0 Å². The molecule has 2 fully saturated rings. The Labute approximate surface area is 121 Å². The van der Waals surface area contributed by atoms with Gasteiger partial charge < -0.3 is 9.47 Å². The van der Waals surface area contributed by atoms with Crippen molar-refractivity contribution < 1.29 is 19.1 Å². The maximum atomic E-state index is 12.3. The lowest BCUT2D eigenvalue weighted by atomic mass is 9.75. The SMILES string of the molecule is CCOC(=O)[C@H]1[C@H](C2CCCCC2)OC(=O)[C@H]1C(C)C. The second kappa shape index (κ2) is 6.59. The fourth-order valence-corrected chi connectivity index (χ4v) is 3.70. The molecule has 20 heavy (non-hydrogen) atoms. The van der Waals surface area contributed by atoms with Crippen molar-refractivity contribution in [3.63, 3.8) is 0 Å². The summed E-state index contributed by atoms with van der Waals surface area (Å²) in [6.45, 7) is 6.10. The molecule has 0 aromatic heterocycles. The largest absolute Gasteiger partial charge is 0.466 e. The zero-order valence-electron chi connectivity index (χ0n) is 12.8. The summed E-state index contributed by atoms with van der Waals surface area (Å²) in [6, 6.07) is 0. The molecule has 0 spiro atoms. The fourth-order valence-electron chi connectivity index (χ4n) is 3.70. The third-order valence-corrected chi connectivity index (χ3v) is 4.66. The topological polar surface area (TPSA) is 52.6 Å². The van der Waals surface area contributed by atoms with Crippen molar-refractivity contribution in [3.05, 3.63) is 0 Å². The van der Waals surface area contributed by atoms with Crippen molar-refractivity contribution in [2.24, 2.45) is 23.7 Å². The summed E-state index contributed by atoms with van der Waals surface area (Å²) in [4.78, 5) is 24.5. The Morgan fingerprint density at radius 2 is 1.95 bits per heavy atom. The van der Waals surface area contributed by atoms with E-state index in [0.29, 0.717) is 12.5 Å². The van der Waals surface area contributed by atoms with Gasteiger partial charge in [0.15, 0.2) is 0 Å². The van der Waals surface area contributed by atoms with E-state index in [1.807, 2.05) is 13.8 Å². The zero-order chi connectivity index (χ0) is 14.7. The van der Waals surface area contributed by atoms with Gasteiger partial charge in [0.05, 0.1) is 12.5 Å². The fraction of sp³-hybridized carbons (Fsp3) is 0.875. The van der Waals surface area contributed by atoms with Crippen LogP contribution in [0.1, 0.15) is 52.9 Å². The van der Waals surface area contributed by atoms with Crippen LogP contribution in [0.5, 0.6) is 0 Å². The van der Waals surface area contributed by atoms with Crippen LogP contribution < -0.4 is 0 Å². The Bertz CT molecular complexity index is 357. The Hall–Kier alpha value is -1.06. The molecule has 0 aromatic rings. The van der Waals surface area contributed by atoms with Gasteiger partial charge in [-0.1, -0.05) is 33.1 Å². The van der Waals surface area contributed by atoms with Crippen LogP contribution in [0.3, 0.4) is 0 Å². The minimum atomic E-state index is -0.412. The number of hydrogen-bond donors (Lipinski definition) is 0. The van der Waals surface area contributed by atoms with Crippen molar-refractivity contribution in [3.8, 4) is 0 Å². The lowest BCUT2D eigenvalue weighted by Crippen LogP contribution is -2.37. The Morgan fingerprint density at radius 1 is 1.30 bits per heavy atom. The van der Waals surface area contributed by atoms with Crippen LogP contribution in [0.25, 0.3) is 0 Å². The summed E-state index contributed by atoms with van der Waals surface area (Å²) >= 11 is 0. The van der Waals surface area contributed by atoms with Gasteiger partial charge in [0.2, 0.25) is 0 Å². The number of hydrogen-bond acceptors (Lipinski definition) is 4. The highest BCUT2D eigenvalue weighted by Crippen LogP contribution is 2.42. The molecule has 1 heterocycles. The molecule has 3 atom stereocenters. The first-order valence-corrected chi connectivity index (χ1v) is 7.93. The van der Waals surface area contributed by atoms with Gasteiger partial charge in [0.1, 0.15) is 12.0 Å². The van der Waals surface area contributed by atoms with E-state index >= 15 is 0 Å². The van der Waals surface area contributed by atoms with E-state index in [1.165, 1.54) is 19.3 Å². The van der Waals surface area contributed by atoms with Crippen LogP contribution in [-0.4, -0.2) is 24.6 Å². The molecule has 0 unspecified atom stereocenters. The maximum absolute atomic E-state index is 12.3. The third kappa shape index (κ3) is 2.99. The lowest BCUT2D eigenvalue weighted by Gasteiger charge is -2.30. The predicted molar refractivity (Wildman–Crippen MR) is 74.9 cm³/mol. The summed E-state index contributed by atoms with van der Waals surface area (Å²) < 4.78 is 10.8. The van der Waals surface area contributed by atoms with Crippen molar-refractivity contribution in [2.75, 3.05) is 6.61 Å². The molecule has 1 saturated heterocycles. The highest BCUT2D eigenvalue weighted by atomic mass is 16.6. The van der Waals surface area contributed by atoms with Crippen molar-refractivity contribution in [1.29, 1.82) is 0 Å². The average Bonchev–Trinajstić information content (AvgIpc) is 2.78.